The molecule has 2 heterocycles. The fraction of sp³-hybridized carbons (Fsp3) is 0.474. The summed E-state index contributed by atoms with van der Waals surface area (Å²) >= 11 is 0. The highest BCUT2D eigenvalue weighted by atomic mass is 16.5. The standard InChI is InChI=1S/C19H25N3O2/c1-3-22-12-10-18(20-22)19(23)21-11-4-5-16(13-21)14-24-17-8-6-15(2)7-9-17/h6-10,12,16H,3-5,11,13-14H2,1-2H3/t16-/m1/s1. The number of aryl methyl sites for hydroxylation is 2. The molecule has 1 atom stereocenters. The second-order valence-corrected chi connectivity index (χ2v) is 6.44. The first kappa shape index (κ1) is 16.6. The van der Waals surface area contributed by atoms with E-state index in [-0.39, 0.29) is 5.91 Å². The first-order chi connectivity index (χ1) is 11.7. The topological polar surface area (TPSA) is 47.4 Å². The van der Waals surface area contributed by atoms with Gasteiger partial charge in [-0.1, -0.05) is 17.7 Å². The maximum atomic E-state index is 12.6. The van der Waals surface area contributed by atoms with Gasteiger partial charge >= 0.3 is 0 Å². The molecule has 0 N–H and O–H groups in total. The average Bonchev–Trinajstić information content (AvgIpc) is 3.10. The van der Waals surface area contributed by atoms with E-state index in [1.54, 1.807) is 10.7 Å². The van der Waals surface area contributed by atoms with Crippen LogP contribution in [0.15, 0.2) is 36.5 Å². The molecule has 3 rings (SSSR count). The van der Waals surface area contributed by atoms with Crippen LogP contribution in [-0.4, -0.2) is 40.3 Å². The summed E-state index contributed by atoms with van der Waals surface area (Å²) in [6.07, 6.45) is 3.97. The van der Waals surface area contributed by atoms with E-state index in [0.717, 1.165) is 38.2 Å². The van der Waals surface area contributed by atoms with Crippen LogP contribution in [0.2, 0.25) is 0 Å². The number of carbonyl (C=O) groups is 1. The molecule has 1 aromatic carbocycles. The lowest BCUT2D eigenvalue weighted by Gasteiger charge is -2.32. The molecule has 0 bridgehead atoms. The third-order valence-corrected chi connectivity index (χ3v) is 4.50. The van der Waals surface area contributed by atoms with Crippen LogP contribution < -0.4 is 4.74 Å². The Balaban J connectivity index is 1.55. The molecule has 0 unspecified atom stereocenters. The van der Waals surface area contributed by atoms with Crippen molar-refractivity contribution in [3.8, 4) is 5.75 Å². The average molecular weight is 327 g/mol. The molecule has 1 fully saturated rings. The zero-order chi connectivity index (χ0) is 16.9. The fourth-order valence-electron chi connectivity index (χ4n) is 3.05. The SMILES string of the molecule is CCn1ccc(C(=O)N2CCC[C@@H](COc3ccc(C)cc3)C2)n1. The number of ether oxygens (including phenoxy) is 1. The minimum atomic E-state index is 0.0298. The molecule has 0 spiro atoms. The van der Waals surface area contributed by atoms with Gasteiger partial charge in [-0.3, -0.25) is 9.48 Å². The molecule has 2 aromatic rings. The minimum Gasteiger partial charge on any atom is -0.493 e. The normalized spacial score (nSPS) is 17.8. The number of aromatic nitrogens is 2. The van der Waals surface area contributed by atoms with Gasteiger partial charge in [0.25, 0.3) is 5.91 Å². The van der Waals surface area contributed by atoms with Crippen LogP contribution in [0, 0.1) is 12.8 Å². The maximum absolute atomic E-state index is 12.6. The van der Waals surface area contributed by atoms with Crippen LogP contribution in [0.3, 0.4) is 0 Å². The summed E-state index contributed by atoms with van der Waals surface area (Å²) in [4.78, 5) is 14.5. The number of nitrogens with zero attached hydrogens (tertiary/aromatic N) is 3. The predicted octanol–water partition coefficient (Wildman–Crippen LogP) is 3.14. The van der Waals surface area contributed by atoms with E-state index in [1.165, 1.54) is 5.56 Å². The number of hydrogen-bond donors (Lipinski definition) is 0. The van der Waals surface area contributed by atoms with Gasteiger partial charge in [0.05, 0.1) is 6.61 Å². The number of carbonyl (C=O) groups excluding carboxylic acids is 1. The lowest BCUT2D eigenvalue weighted by atomic mass is 9.98. The molecular formula is C19H25N3O2. The summed E-state index contributed by atoms with van der Waals surface area (Å²) in [5, 5.41) is 4.32. The number of likely N-dealkylation sites (tertiary alicyclic amines) is 1. The van der Waals surface area contributed by atoms with Gasteiger partial charge in [0, 0.05) is 31.7 Å². The van der Waals surface area contributed by atoms with E-state index in [4.69, 9.17) is 4.74 Å². The largest absolute Gasteiger partial charge is 0.493 e. The zero-order valence-electron chi connectivity index (χ0n) is 14.4. The molecule has 128 valence electrons. The molecule has 24 heavy (non-hydrogen) atoms. The summed E-state index contributed by atoms with van der Waals surface area (Å²) in [5.74, 6) is 1.30. The third-order valence-electron chi connectivity index (χ3n) is 4.50. The number of rotatable bonds is 5. The summed E-state index contributed by atoms with van der Waals surface area (Å²) < 4.78 is 7.68. The maximum Gasteiger partial charge on any atom is 0.274 e. The Bertz CT molecular complexity index is 678. The number of hydrogen-bond acceptors (Lipinski definition) is 3. The van der Waals surface area contributed by atoms with Crippen LogP contribution >= 0.6 is 0 Å². The van der Waals surface area contributed by atoms with E-state index in [0.29, 0.717) is 18.2 Å². The van der Waals surface area contributed by atoms with E-state index in [9.17, 15) is 4.79 Å². The summed E-state index contributed by atoms with van der Waals surface area (Å²) in [7, 11) is 0. The van der Waals surface area contributed by atoms with Crippen molar-refractivity contribution < 1.29 is 9.53 Å². The zero-order valence-corrected chi connectivity index (χ0v) is 14.4. The highest BCUT2D eigenvalue weighted by Crippen LogP contribution is 2.20. The molecular weight excluding hydrogens is 302 g/mol. The molecule has 1 saturated heterocycles. The lowest BCUT2D eigenvalue weighted by molar-refractivity contribution is 0.0626. The Morgan fingerprint density at radius 3 is 2.79 bits per heavy atom. The summed E-state index contributed by atoms with van der Waals surface area (Å²) in [6, 6.07) is 9.90. The number of piperidine rings is 1. The van der Waals surface area contributed by atoms with Gasteiger partial charge in [-0.2, -0.15) is 5.10 Å². The molecule has 5 nitrogen and oxygen atoms in total. The van der Waals surface area contributed by atoms with Crippen LogP contribution in [0.1, 0.15) is 35.8 Å². The molecule has 1 aliphatic rings. The number of amides is 1. The first-order valence-electron chi connectivity index (χ1n) is 8.68. The Hall–Kier alpha value is -2.30. The van der Waals surface area contributed by atoms with Crippen LogP contribution in [0.25, 0.3) is 0 Å². The molecule has 0 saturated carbocycles. The van der Waals surface area contributed by atoms with Gasteiger partial charge in [0.15, 0.2) is 0 Å². The van der Waals surface area contributed by atoms with Crippen molar-refractivity contribution >= 4 is 5.91 Å². The number of benzene rings is 1. The first-order valence-corrected chi connectivity index (χ1v) is 8.68. The third kappa shape index (κ3) is 3.96. The van der Waals surface area contributed by atoms with E-state index in [1.807, 2.05) is 30.2 Å². The molecule has 0 aliphatic carbocycles. The van der Waals surface area contributed by atoms with Crippen molar-refractivity contribution in [3.63, 3.8) is 0 Å². The summed E-state index contributed by atoms with van der Waals surface area (Å²) in [6.45, 7) is 7.05. The van der Waals surface area contributed by atoms with Crippen molar-refractivity contribution in [2.45, 2.75) is 33.2 Å². The fourth-order valence-corrected chi connectivity index (χ4v) is 3.05. The molecule has 1 aromatic heterocycles. The van der Waals surface area contributed by atoms with Crippen LogP contribution in [0.5, 0.6) is 5.75 Å². The molecule has 0 radical (unpaired) electrons. The van der Waals surface area contributed by atoms with E-state index >= 15 is 0 Å². The van der Waals surface area contributed by atoms with Gasteiger partial charge in [-0.15, -0.1) is 0 Å². The second kappa shape index (κ2) is 7.51. The van der Waals surface area contributed by atoms with Crippen molar-refractivity contribution in [2.24, 2.45) is 5.92 Å². The monoisotopic (exact) mass is 327 g/mol. The van der Waals surface area contributed by atoms with Crippen molar-refractivity contribution in [2.75, 3.05) is 19.7 Å². The Morgan fingerprint density at radius 2 is 2.08 bits per heavy atom. The Kier molecular flexibility index (Phi) is 5.18. The highest BCUT2D eigenvalue weighted by molar-refractivity contribution is 5.92. The van der Waals surface area contributed by atoms with E-state index in [2.05, 4.69) is 24.2 Å². The van der Waals surface area contributed by atoms with Gasteiger partial charge in [0.2, 0.25) is 0 Å². The highest BCUT2D eigenvalue weighted by Gasteiger charge is 2.26. The van der Waals surface area contributed by atoms with E-state index < -0.39 is 0 Å². The van der Waals surface area contributed by atoms with Crippen molar-refractivity contribution in [3.05, 3.63) is 47.8 Å². The van der Waals surface area contributed by atoms with Crippen LogP contribution in [-0.2, 0) is 6.54 Å². The Morgan fingerprint density at radius 1 is 1.29 bits per heavy atom. The minimum absolute atomic E-state index is 0.0298. The van der Waals surface area contributed by atoms with Gasteiger partial charge in [-0.05, 0) is 44.9 Å². The predicted molar refractivity (Wildman–Crippen MR) is 93.2 cm³/mol. The van der Waals surface area contributed by atoms with Crippen molar-refractivity contribution in [1.82, 2.24) is 14.7 Å². The molecule has 1 aliphatic heterocycles. The quantitative estimate of drug-likeness (QED) is 0.847. The second-order valence-electron chi connectivity index (χ2n) is 6.44. The van der Waals surface area contributed by atoms with Gasteiger partial charge in [0.1, 0.15) is 11.4 Å². The lowest BCUT2D eigenvalue weighted by Crippen LogP contribution is -2.41. The summed E-state index contributed by atoms with van der Waals surface area (Å²) in [5.41, 5.74) is 1.76. The molecule has 5 heteroatoms. The smallest absolute Gasteiger partial charge is 0.274 e. The Labute approximate surface area is 143 Å². The van der Waals surface area contributed by atoms with Crippen molar-refractivity contribution in [1.29, 1.82) is 0 Å². The molecule has 1 amide bonds. The van der Waals surface area contributed by atoms with Gasteiger partial charge < -0.3 is 9.64 Å². The van der Waals surface area contributed by atoms with Gasteiger partial charge in [-0.25, -0.2) is 0 Å². The van der Waals surface area contributed by atoms with Crippen LogP contribution in [0.4, 0.5) is 0 Å².